The number of halogens is 2. The second kappa shape index (κ2) is 8.08. The normalized spacial score (nSPS) is 12.3. The third-order valence-corrected chi connectivity index (χ3v) is 4.02. The number of aldehydes is 1. The van der Waals surface area contributed by atoms with E-state index in [0.29, 0.717) is 11.8 Å². The zero-order chi connectivity index (χ0) is 16.8. The number of carbonyl (C=O) groups is 1. The highest BCUT2D eigenvalue weighted by Gasteiger charge is 2.09. The molecule has 0 bridgehead atoms. The van der Waals surface area contributed by atoms with Crippen LogP contribution in [-0.2, 0) is 0 Å². The Kier molecular flexibility index (Phi) is 6.12. The van der Waals surface area contributed by atoms with Gasteiger partial charge in [-0.25, -0.2) is 0 Å². The number of phenols is 2. The van der Waals surface area contributed by atoms with E-state index in [0.717, 1.165) is 26.6 Å². The van der Waals surface area contributed by atoms with E-state index >= 15 is 0 Å². The summed E-state index contributed by atoms with van der Waals surface area (Å²) in [6.45, 7) is 0. The highest BCUT2D eigenvalue weighted by molar-refractivity contribution is 9.10. The summed E-state index contributed by atoms with van der Waals surface area (Å²) in [6.07, 6.45) is 5.14. The lowest BCUT2D eigenvalue weighted by molar-refractivity contribution is 0.112. The molecular weight excluding hydrogens is 426 g/mol. The molecule has 2 N–H and O–H groups in total. The number of hydrogen-bond acceptors (Lipinski definition) is 4. The van der Waals surface area contributed by atoms with Crippen LogP contribution in [0, 0.1) is 0 Å². The summed E-state index contributed by atoms with van der Waals surface area (Å²) in [4.78, 5) is 14.3. The third kappa shape index (κ3) is 4.77. The molecule has 0 radical (unpaired) electrons. The van der Waals surface area contributed by atoms with Crippen LogP contribution < -0.4 is 0 Å². The first-order valence-electron chi connectivity index (χ1n) is 6.65. The summed E-state index contributed by atoms with van der Waals surface area (Å²) in [7, 11) is 0. The second-order valence-corrected chi connectivity index (χ2v) is 6.48. The number of carbonyl (C=O) groups excluding carboxylic acids is 1. The molecule has 0 atom stereocenters. The predicted octanol–water partition coefficient (Wildman–Crippen LogP) is 4.83. The molecule has 2 aromatic carbocycles. The summed E-state index contributed by atoms with van der Waals surface area (Å²) < 4.78 is 1.64. The van der Waals surface area contributed by atoms with Crippen molar-refractivity contribution in [2.45, 2.75) is 6.42 Å². The first kappa shape index (κ1) is 17.4. The Morgan fingerprint density at radius 3 is 2.17 bits per heavy atom. The third-order valence-electron chi connectivity index (χ3n) is 3.04. The van der Waals surface area contributed by atoms with E-state index in [-0.39, 0.29) is 11.5 Å². The summed E-state index contributed by atoms with van der Waals surface area (Å²) in [6, 6.07) is 10.2. The quantitative estimate of drug-likeness (QED) is 0.659. The van der Waals surface area contributed by atoms with E-state index in [1.165, 1.54) is 6.07 Å². The van der Waals surface area contributed by atoms with E-state index in [1.807, 2.05) is 18.2 Å². The van der Waals surface area contributed by atoms with Crippen LogP contribution >= 0.6 is 31.9 Å². The summed E-state index contributed by atoms with van der Waals surface area (Å²) in [5.74, 6) is 0.279. The first-order valence-corrected chi connectivity index (χ1v) is 8.24. The summed E-state index contributed by atoms with van der Waals surface area (Å²) in [5.41, 5.74) is 2.04. The molecule has 4 nitrogen and oxygen atoms in total. The maximum absolute atomic E-state index is 10.2. The fourth-order valence-electron chi connectivity index (χ4n) is 1.90. The molecule has 118 valence electrons. The van der Waals surface area contributed by atoms with Crippen molar-refractivity contribution in [1.82, 2.24) is 0 Å². The van der Waals surface area contributed by atoms with Gasteiger partial charge >= 0.3 is 0 Å². The van der Waals surface area contributed by atoms with E-state index in [2.05, 4.69) is 36.9 Å². The number of aromatic hydroxyl groups is 2. The van der Waals surface area contributed by atoms with Crippen molar-refractivity contribution in [3.05, 3.63) is 68.7 Å². The Hall–Kier alpha value is -1.92. The van der Waals surface area contributed by atoms with Gasteiger partial charge in [0.1, 0.15) is 11.5 Å². The molecule has 0 saturated heterocycles. The Bertz CT molecular complexity index is 785. The van der Waals surface area contributed by atoms with E-state index in [9.17, 15) is 9.90 Å². The highest BCUT2D eigenvalue weighted by atomic mass is 79.9. The lowest BCUT2D eigenvalue weighted by Crippen LogP contribution is -1.96. The SMILES string of the molecule is O=Cc1ccc(Br)cc1O.Oc1cc(Br)ccc1C1=NC=CC1. The molecule has 2 aromatic rings. The van der Waals surface area contributed by atoms with Gasteiger partial charge in [-0.15, -0.1) is 0 Å². The van der Waals surface area contributed by atoms with Gasteiger partial charge in [-0.3, -0.25) is 9.79 Å². The van der Waals surface area contributed by atoms with Crippen LogP contribution in [0.3, 0.4) is 0 Å². The second-order valence-electron chi connectivity index (χ2n) is 4.65. The Morgan fingerprint density at radius 2 is 1.65 bits per heavy atom. The molecule has 3 rings (SSSR count). The van der Waals surface area contributed by atoms with Crippen LogP contribution in [-0.4, -0.2) is 22.2 Å². The minimum Gasteiger partial charge on any atom is -0.507 e. The number of benzene rings is 2. The monoisotopic (exact) mass is 437 g/mol. The molecular formula is C17H13Br2NO3. The number of hydrogen-bond donors (Lipinski definition) is 2. The van der Waals surface area contributed by atoms with Crippen molar-refractivity contribution in [1.29, 1.82) is 0 Å². The van der Waals surface area contributed by atoms with Crippen LogP contribution in [0.1, 0.15) is 22.3 Å². The molecule has 0 aromatic heterocycles. The van der Waals surface area contributed by atoms with Crippen LogP contribution in [0.5, 0.6) is 11.5 Å². The van der Waals surface area contributed by atoms with Gasteiger partial charge in [0.2, 0.25) is 0 Å². The molecule has 0 spiro atoms. The van der Waals surface area contributed by atoms with Gasteiger partial charge in [0, 0.05) is 27.1 Å². The number of nitrogens with zero attached hydrogens (tertiary/aromatic N) is 1. The molecule has 0 fully saturated rings. The molecule has 0 saturated carbocycles. The zero-order valence-electron chi connectivity index (χ0n) is 11.9. The van der Waals surface area contributed by atoms with E-state index in [1.54, 1.807) is 24.4 Å². The zero-order valence-corrected chi connectivity index (χ0v) is 15.1. The average Bonchev–Trinajstić information content (AvgIpc) is 3.02. The minimum atomic E-state index is 0.00405. The van der Waals surface area contributed by atoms with Crippen molar-refractivity contribution in [3.63, 3.8) is 0 Å². The molecule has 6 heteroatoms. The van der Waals surface area contributed by atoms with Gasteiger partial charge in [-0.2, -0.15) is 0 Å². The Labute approximate surface area is 150 Å². The fraction of sp³-hybridized carbons (Fsp3) is 0.0588. The average molecular weight is 439 g/mol. The molecule has 23 heavy (non-hydrogen) atoms. The van der Waals surface area contributed by atoms with Gasteiger partial charge in [0.25, 0.3) is 0 Å². The van der Waals surface area contributed by atoms with Crippen LogP contribution in [0.4, 0.5) is 0 Å². The number of aliphatic imine (C=N–C) groups is 1. The Morgan fingerprint density at radius 1 is 1.00 bits per heavy atom. The van der Waals surface area contributed by atoms with Crippen molar-refractivity contribution in [3.8, 4) is 11.5 Å². The van der Waals surface area contributed by atoms with E-state index < -0.39 is 0 Å². The van der Waals surface area contributed by atoms with Crippen LogP contribution in [0.15, 0.2) is 62.6 Å². The largest absolute Gasteiger partial charge is 0.507 e. The van der Waals surface area contributed by atoms with Crippen LogP contribution in [0.25, 0.3) is 0 Å². The van der Waals surface area contributed by atoms with E-state index in [4.69, 9.17) is 5.11 Å². The van der Waals surface area contributed by atoms with Crippen LogP contribution in [0.2, 0.25) is 0 Å². The maximum atomic E-state index is 10.2. The topological polar surface area (TPSA) is 69.9 Å². The highest BCUT2D eigenvalue weighted by Crippen LogP contribution is 2.25. The Balaban J connectivity index is 0.000000174. The lowest BCUT2D eigenvalue weighted by atomic mass is 10.1. The molecule has 0 aliphatic carbocycles. The molecule has 0 unspecified atom stereocenters. The van der Waals surface area contributed by atoms with Gasteiger partial charge in [0.15, 0.2) is 6.29 Å². The molecule has 1 heterocycles. The lowest BCUT2D eigenvalue weighted by Gasteiger charge is -2.03. The van der Waals surface area contributed by atoms with Gasteiger partial charge < -0.3 is 10.2 Å². The first-order chi connectivity index (χ1) is 11.0. The van der Waals surface area contributed by atoms with Crippen molar-refractivity contribution in [2.24, 2.45) is 4.99 Å². The summed E-state index contributed by atoms with van der Waals surface area (Å²) >= 11 is 6.44. The minimum absolute atomic E-state index is 0.00405. The molecule has 1 aliphatic heterocycles. The van der Waals surface area contributed by atoms with Gasteiger partial charge in [-0.1, -0.05) is 37.9 Å². The van der Waals surface area contributed by atoms with Crippen molar-refractivity contribution < 1.29 is 15.0 Å². The van der Waals surface area contributed by atoms with Crippen molar-refractivity contribution in [2.75, 3.05) is 0 Å². The number of allylic oxidation sites excluding steroid dienone is 1. The standard InChI is InChI=1S/C10H8BrNO.C7H5BrO2/c11-7-3-4-8(10(13)6-7)9-2-1-5-12-9;8-6-2-1-5(4-9)7(10)3-6/h1,3-6,13H,2H2;1-4,10H. The molecule has 1 aliphatic rings. The maximum Gasteiger partial charge on any atom is 0.153 e. The number of phenolic OH excluding ortho intramolecular Hbond substituents is 2. The smallest absolute Gasteiger partial charge is 0.153 e. The fourth-order valence-corrected chi connectivity index (χ4v) is 2.60. The van der Waals surface area contributed by atoms with Gasteiger partial charge in [-0.05, 0) is 36.4 Å². The van der Waals surface area contributed by atoms with Crippen molar-refractivity contribution >= 4 is 43.9 Å². The predicted molar refractivity (Wildman–Crippen MR) is 97.3 cm³/mol. The van der Waals surface area contributed by atoms with Gasteiger partial charge in [0.05, 0.1) is 11.3 Å². The number of rotatable bonds is 2. The summed E-state index contributed by atoms with van der Waals surface area (Å²) in [5, 5.41) is 18.6. The molecule has 0 amide bonds.